The number of rotatable bonds is 6. The molecule has 4 heteroatoms. The summed E-state index contributed by atoms with van der Waals surface area (Å²) in [4.78, 5) is 11.4. The zero-order chi connectivity index (χ0) is 13.4. The van der Waals surface area contributed by atoms with Crippen molar-refractivity contribution in [2.75, 3.05) is 7.05 Å². The van der Waals surface area contributed by atoms with Crippen LogP contribution in [0.5, 0.6) is 0 Å². The molecular weight excluding hydrogens is 226 g/mol. The minimum Gasteiger partial charge on any atom is -0.355 e. The summed E-state index contributed by atoms with van der Waals surface area (Å²) in [7, 11) is 1.62. The lowest BCUT2D eigenvalue weighted by Crippen LogP contribution is -2.27. The van der Waals surface area contributed by atoms with Gasteiger partial charge in [-0.1, -0.05) is 19.1 Å². The molecule has 0 bridgehead atoms. The predicted octanol–water partition coefficient (Wildman–Crippen LogP) is 1.83. The van der Waals surface area contributed by atoms with Gasteiger partial charge < -0.3 is 10.6 Å². The highest BCUT2D eigenvalue weighted by molar-refractivity contribution is 5.93. The number of nitrogens with one attached hydrogen (secondary N) is 2. The van der Waals surface area contributed by atoms with E-state index >= 15 is 0 Å². The highest BCUT2D eigenvalue weighted by Crippen LogP contribution is 2.05. The van der Waals surface area contributed by atoms with E-state index in [1.165, 1.54) is 0 Å². The number of benzene rings is 1. The van der Waals surface area contributed by atoms with Crippen LogP contribution in [-0.4, -0.2) is 19.0 Å². The van der Waals surface area contributed by atoms with Crippen LogP contribution in [0.15, 0.2) is 24.3 Å². The average Bonchev–Trinajstić information content (AvgIpc) is 2.43. The van der Waals surface area contributed by atoms with Crippen LogP contribution in [0.25, 0.3) is 0 Å². The van der Waals surface area contributed by atoms with Gasteiger partial charge in [0.15, 0.2) is 0 Å². The monoisotopic (exact) mass is 245 g/mol. The van der Waals surface area contributed by atoms with Crippen LogP contribution in [-0.2, 0) is 6.54 Å². The highest BCUT2D eigenvalue weighted by atomic mass is 16.1. The molecule has 1 amide bonds. The normalized spacial score (nSPS) is 11.6. The number of carbonyl (C=O) groups excluding carboxylic acids is 1. The number of hydrogen-bond donors (Lipinski definition) is 2. The fraction of sp³-hybridized carbons (Fsp3) is 0.429. The average molecular weight is 245 g/mol. The van der Waals surface area contributed by atoms with E-state index in [1.54, 1.807) is 19.2 Å². The minimum atomic E-state index is -0.0783. The Balaban J connectivity index is 2.54. The molecule has 0 saturated heterocycles. The van der Waals surface area contributed by atoms with E-state index in [1.807, 2.05) is 12.1 Å². The van der Waals surface area contributed by atoms with Crippen LogP contribution in [0.3, 0.4) is 0 Å². The molecular formula is C14H19N3O. The molecule has 0 saturated carbocycles. The summed E-state index contributed by atoms with van der Waals surface area (Å²) < 4.78 is 0. The molecule has 0 aliphatic heterocycles. The maximum absolute atomic E-state index is 11.4. The van der Waals surface area contributed by atoms with Gasteiger partial charge in [0.1, 0.15) is 0 Å². The Kier molecular flexibility index (Phi) is 5.89. The van der Waals surface area contributed by atoms with E-state index in [0.29, 0.717) is 18.5 Å². The van der Waals surface area contributed by atoms with Gasteiger partial charge in [0, 0.05) is 25.2 Å². The first-order valence-corrected chi connectivity index (χ1v) is 6.12. The van der Waals surface area contributed by atoms with Gasteiger partial charge in [0.2, 0.25) is 0 Å². The van der Waals surface area contributed by atoms with Crippen molar-refractivity contribution in [2.45, 2.75) is 32.4 Å². The van der Waals surface area contributed by atoms with E-state index in [4.69, 9.17) is 5.26 Å². The van der Waals surface area contributed by atoms with Crippen LogP contribution in [0.2, 0.25) is 0 Å². The number of carbonyl (C=O) groups is 1. The summed E-state index contributed by atoms with van der Waals surface area (Å²) in [6, 6.07) is 9.87. The lowest BCUT2D eigenvalue weighted by atomic mass is 10.1. The second-order valence-electron chi connectivity index (χ2n) is 4.12. The Morgan fingerprint density at radius 2 is 2.06 bits per heavy atom. The van der Waals surface area contributed by atoms with Gasteiger partial charge in [0.05, 0.1) is 12.5 Å². The van der Waals surface area contributed by atoms with E-state index in [-0.39, 0.29) is 11.9 Å². The standard InChI is InChI=1S/C14H19N3O/c1-3-13(8-9-15)17-10-11-4-6-12(7-5-11)14(18)16-2/h4-7,13,17H,3,8,10H2,1-2H3,(H,16,18). The van der Waals surface area contributed by atoms with Crippen molar-refractivity contribution in [1.82, 2.24) is 10.6 Å². The molecule has 0 fully saturated rings. The lowest BCUT2D eigenvalue weighted by molar-refractivity contribution is 0.0963. The van der Waals surface area contributed by atoms with Crippen molar-refractivity contribution >= 4 is 5.91 Å². The molecule has 2 N–H and O–H groups in total. The van der Waals surface area contributed by atoms with Crippen molar-refractivity contribution in [1.29, 1.82) is 5.26 Å². The molecule has 18 heavy (non-hydrogen) atoms. The second-order valence-corrected chi connectivity index (χ2v) is 4.12. The Morgan fingerprint density at radius 1 is 1.39 bits per heavy atom. The molecule has 0 aromatic heterocycles. The Morgan fingerprint density at radius 3 is 2.56 bits per heavy atom. The van der Waals surface area contributed by atoms with Crippen molar-refractivity contribution < 1.29 is 4.79 Å². The Hall–Kier alpha value is -1.86. The maximum atomic E-state index is 11.4. The van der Waals surface area contributed by atoms with Crippen molar-refractivity contribution in [3.8, 4) is 6.07 Å². The van der Waals surface area contributed by atoms with Crippen LogP contribution < -0.4 is 10.6 Å². The first kappa shape index (κ1) is 14.2. The molecule has 4 nitrogen and oxygen atoms in total. The Labute approximate surface area is 108 Å². The van der Waals surface area contributed by atoms with Crippen LogP contribution in [0.4, 0.5) is 0 Å². The third kappa shape index (κ3) is 4.19. The molecule has 0 aliphatic carbocycles. The summed E-state index contributed by atoms with van der Waals surface area (Å²) >= 11 is 0. The zero-order valence-electron chi connectivity index (χ0n) is 10.9. The van der Waals surface area contributed by atoms with Crippen molar-refractivity contribution in [3.63, 3.8) is 0 Å². The second kappa shape index (κ2) is 7.46. The van der Waals surface area contributed by atoms with Crippen molar-refractivity contribution in [2.24, 2.45) is 0 Å². The summed E-state index contributed by atoms with van der Waals surface area (Å²) in [5, 5.41) is 14.6. The third-order valence-corrected chi connectivity index (χ3v) is 2.87. The third-order valence-electron chi connectivity index (χ3n) is 2.87. The van der Waals surface area contributed by atoms with E-state index in [0.717, 1.165) is 12.0 Å². The van der Waals surface area contributed by atoms with Gasteiger partial charge in [0.25, 0.3) is 5.91 Å². The molecule has 96 valence electrons. The number of amides is 1. The van der Waals surface area contributed by atoms with Gasteiger partial charge in [-0.2, -0.15) is 5.26 Å². The molecule has 1 unspecified atom stereocenters. The van der Waals surface area contributed by atoms with Gasteiger partial charge in [-0.25, -0.2) is 0 Å². The highest BCUT2D eigenvalue weighted by Gasteiger charge is 2.05. The van der Waals surface area contributed by atoms with E-state index < -0.39 is 0 Å². The smallest absolute Gasteiger partial charge is 0.251 e. The predicted molar refractivity (Wildman–Crippen MR) is 71.0 cm³/mol. The summed E-state index contributed by atoms with van der Waals surface area (Å²) in [5.74, 6) is -0.0783. The number of nitriles is 1. The molecule has 0 radical (unpaired) electrons. The number of nitrogens with zero attached hydrogens (tertiary/aromatic N) is 1. The summed E-state index contributed by atoms with van der Waals surface area (Å²) in [6.07, 6.45) is 1.46. The van der Waals surface area contributed by atoms with Crippen LogP contribution >= 0.6 is 0 Å². The van der Waals surface area contributed by atoms with Gasteiger partial charge in [-0.3, -0.25) is 4.79 Å². The van der Waals surface area contributed by atoms with Gasteiger partial charge >= 0.3 is 0 Å². The fourth-order valence-electron chi connectivity index (χ4n) is 1.65. The molecule has 1 atom stereocenters. The summed E-state index contributed by atoms with van der Waals surface area (Å²) in [6.45, 7) is 2.78. The first-order chi connectivity index (χ1) is 8.71. The molecule has 0 heterocycles. The minimum absolute atomic E-state index is 0.0783. The fourth-order valence-corrected chi connectivity index (χ4v) is 1.65. The largest absolute Gasteiger partial charge is 0.355 e. The van der Waals surface area contributed by atoms with Gasteiger partial charge in [-0.05, 0) is 24.1 Å². The molecule has 1 rings (SSSR count). The molecule has 0 aliphatic rings. The maximum Gasteiger partial charge on any atom is 0.251 e. The van der Waals surface area contributed by atoms with Crippen LogP contribution in [0.1, 0.15) is 35.7 Å². The quantitative estimate of drug-likeness (QED) is 0.803. The molecule has 1 aromatic rings. The van der Waals surface area contributed by atoms with E-state index in [9.17, 15) is 4.79 Å². The van der Waals surface area contributed by atoms with Crippen LogP contribution in [0, 0.1) is 11.3 Å². The topological polar surface area (TPSA) is 64.9 Å². The lowest BCUT2D eigenvalue weighted by Gasteiger charge is -2.13. The SMILES string of the molecule is CCC(CC#N)NCc1ccc(C(=O)NC)cc1. The van der Waals surface area contributed by atoms with E-state index in [2.05, 4.69) is 23.6 Å². The van der Waals surface area contributed by atoms with Gasteiger partial charge in [-0.15, -0.1) is 0 Å². The Bertz CT molecular complexity index is 420. The zero-order valence-corrected chi connectivity index (χ0v) is 10.9. The molecule has 1 aromatic carbocycles. The first-order valence-electron chi connectivity index (χ1n) is 6.12. The summed E-state index contributed by atoms with van der Waals surface area (Å²) in [5.41, 5.74) is 1.77. The molecule has 0 spiro atoms. The number of hydrogen-bond acceptors (Lipinski definition) is 3. The van der Waals surface area contributed by atoms with Crippen molar-refractivity contribution in [3.05, 3.63) is 35.4 Å².